The van der Waals surface area contributed by atoms with Gasteiger partial charge in [0.25, 0.3) is 0 Å². The summed E-state index contributed by atoms with van der Waals surface area (Å²) >= 11 is 0. The Morgan fingerprint density at radius 3 is 1.88 bits per heavy atom. The summed E-state index contributed by atoms with van der Waals surface area (Å²) in [4.78, 5) is 23.1. The maximum absolute atomic E-state index is 11.7. The maximum atomic E-state index is 11.7. The van der Waals surface area contributed by atoms with Gasteiger partial charge in [-0.1, -0.05) is 56.0 Å². The first-order valence-electron chi connectivity index (χ1n) is 11.8. The van der Waals surface area contributed by atoms with E-state index in [1.165, 1.54) is 33.9 Å². The van der Waals surface area contributed by atoms with E-state index in [0.717, 1.165) is 44.9 Å². The van der Waals surface area contributed by atoms with Crippen molar-refractivity contribution < 1.29 is 19.1 Å². The monoisotopic (exact) mass is 446 g/mol. The third kappa shape index (κ3) is 6.67. The van der Waals surface area contributed by atoms with Crippen LogP contribution in [0.3, 0.4) is 0 Å². The van der Waals surface area contributed by atoms with E-state index in [9.17, 15) is 9.59 Å². The highest BCUT2D eigenvalue weighted by molar-refractivity contribution is 5.87. The maximum Gasteiger partial charge on any atom is 0.338 e. The number of hydrogen-bond acceptors (Lipinski definition) is 4. The molecule has 0 bridgehead atoms. The van der Waals surface area contributed by atoms with E-state index in [1.54, 1.807) is 6.92 Å². The largest absolute Gasteiger partial charge is 0.462 e. The fourth-order valence-corrected chi connectivity index (χ4v) is 4.34. The Balaban J connectivity index is 1.63. The Hall–Kier alpha value is -3.14. The van der Waals surface area contributed by atoms with Gasteiger partial charge in [-0.3, -0.25) is 0 Å². The summed E-state index contributed by atoms with van der Waals surface area (Å²) in [7, 11) is 0. The SMILES string of the molecule is C=CC(=O)OCC(CC)C1=CC=C(C2=CC=C(C3=CC=C(OC(=O)C(=C)C)CC3)CC2)CC1. The lowest BCUT2D eigenvalue weighted by atomic mass is 9.82. The molecule has 4 heteroatoms. The molecule has 0 aromatic carbocycles. The first kappa shape index (κ1) is 24.5. The van der Waals surface area contributed by atoms with E-state index in [1.807, 2.05) is 6.08 Å². The predicted molar refractivity (Wildman–Crippen MR) is 132 cm³/mol. The molecule has 0 aromatic rings. The van der Waals surface area contributed by atoms with Crippen molar-refractivity contribution in [3.63, 3.8) is 0 Å². The molecule has 3 aliphatic rings. The summed E-state index contributed by atoms with van der Waals surface area (Å²) in [6, 6.07) is 0. The van der Waals surface area contributed by atoms with Crippen molar-refractivity contribution in [1.82, 2.24) is 0 Å². The molecule has 1 unspecified atom stereocenters. The van der Waals surface area contributed by atoms with E-state index < -0.39 is 0 Å². The minimum Gasteiger partial charge on any atom is -0.462 e. The number of allylic oxidation sites excluding steroid dienone is 11. The highest BCUT2D eigenvalue weighted by Gasteiger charge is 2.20. The highest BCUT2D eigenvalue weighted by Crippen LogP contribution is 2.36. The van der Waals surface area contributed by atoms with Crippen LogP contribution in [0.1, 0.15) is 58.8 Å². The van der Waals surface area contributed by atoms with Crippen LogP contribution in [0.4, 0.5) is 0 Å². The molecule has 0 heterocycles. The zero-order chi connectivity index (χ0) is 23.8. The van der Waals surface area contributed by atoms with Crippen molar-refractivity contribution in [2.45, 2.75) is 58.8 Å². The Kier molecular flexibility index (Phi) is 8.65. The number of hydrogen-bond donors (Lipinski definition) is 0. The van der Waals surface area contributed by atoms with Crippen LogP contribution in [-0.4, -0.2) is 18.5 Å². The molecule has 0 N–H and O–H groups in total. The van der Waals surface area contributed by atoms with Gasteiger partial charge in [0.2, 0.25) is 0 Å². The molecule has 3 rings (SSSR count). The zero-order valence-electron chi connectivity index (χ0n) is 19.8. The molecular formula is C29H34O4. The summed E-state index contributed by atoms with van der Waals surface area (Å²) in [6.45, 7) is 11.3. The molecule has 4 nitrogen and oxygen atoms in total. The minimum atomic E-state index is -0.358. The number of ether oxygens (including phenoxy) is 2. The molecule has 0 spiro atoms. The highest BCUT2D eigenvalue weighted by atomic mass is 16.5. The van der Waals surface area contributed by atoms with Crippen LogP contribution in [0.15, 0.2) is 94.9 Å². The Morgan fingerprint density at radius 2 is 1.45 bits per heavy atom. The molecule has 1 atom stereocenters. The van der Waals surface area contributed by atoms with Crippen molar-refractivity contribution in [1.29, 1.82) is 0 Å². The van der Waals surface area contributed by atoms with E-state index in [2.05, 4.69) is 50.5 Å². The van der Waals surface area contributed by atoms with Gasteiger partial charge in [-0.15, -0.1) is 0 Å². The van der Waals surface area contributed by atoms with Gasteiger partial charge in [-0.25, -0.2) is 9.59 Å². The lowest BCUT2D eigenvalue weighted by Gasteiger charge is -2.25. The van der Waals surface area contributed by atoms with Crippen LogP contribution in [0.25, 0.3) is 0 Å². The van der Waals surface area contributed by atoms with Gasteiger partial charge in [0.05, 0.1) is 6.61 Å². The van der Waals surface area contributed by atoms with Crippen molar-refractivity contribution >= 4 is 11.9 Å². The fraction of sp³-hybridized carbons (Fsp3) is 0.379. The van der Waals surface area contributed by atoms with Gasteiger partial charge in [-0.05, 0) is 73.8 Å². The van der Waals surface area contributed by atoms with Crippen molar-refractivity contribution in [3.8, 4) is 0 Å². The Bertz CT molecular complexity index is 1010. The molecule has 174 valence electrons. The molecular weight excluding hydrogens is 412 g/mol. The third-order valence-electron chi connectivity index (χ3n) is 6.45. The summed E-state index contributed by atoms with van der Waals surface area (Å²) in [6.07, 6.45) is 20.8. The average molecular weight is 447 g/mol. The lowest BCUT2D eigenvalue weighted by Crippen LogP contribution is -2.16. The molecule has 0 radical (unpaired) electrons. The number of esters is 2. The van der Waals surface area contributed by atoms with Crippen molar-refractivity contribution in [3.05, 3.63) is 94.9 Å². The van der Waals surface area contributed by atoms with E-state index in [0.29, 0.717) is 17.9 Å². The fourth-order valence-electron chi connectivity index (χ4n) is 4.34. The van der Waals surface area contributed by atoms with Gasteiger partial charge in [0, 0.05) is 24.0 Å². The van der Waals surface area contributed by atoms with Gasteiger partial charge in [0.1, 0.15) is 5.76 Å². The van der Waals surface area contributed by atoms with Crippen LogP contribution in [-0.2, 0) is 19.1 Å². The van der Waals surface area contributed by atoms with Crippen LogP contribution < -0.4 is 0 Å². The normalized spacial score (nSPS) is 19.0. The lowest BCUT2D eigenvalue weighted by molar-refractivity contribution is -0.138. The molecule has 33 heavy (non-hydrogen) atoms. The molecule has 0 aromatic heterocycles. The summed E-state index contributed by atoms with van der Waals surface area (Å²) in [5.41, 5.74) is 7.26. The van der Waals surface area contributed by atoms with Crippen LogP contribution in [0.2, 0.25) is 0 Å². The third-order valence-corrected chi connectivity index (χ3v) is 6.45. The second kappa shape index (κ2) is 11.6. The molecule has 3 aliphatic carbocycles. The molecule has 0 fully saturated rings. The average Bonchev–Trinajstić information content (AvgIpc) is 2.85. The van der Waals surface area contributed by atoms with Gasteiger partial charge in [0.15, 0.2) is 0 Å². The van der Waals surface area contributed by atoms with Crippen molar-refractivity contribution in [2.24, 2.45) is 5.92 Å². The summed E-state index contributed by atoms with van der Waals surface area (Å²) in [5.74, 6) is 0.260. The van der Waals surface area contributed by atoms with Gasteiger partial charge >= 0.3 is 11.9 Å². The van der Waals surface area contributed by atoms with Crippen LogP contribution in [0, 0.1) is 5.92 Å². The Morgan fingerprint density at radius 1 is 0.909 bits per heavy atom. The van der Waals surface area contributed by atoms with Crippen LogP contribution in [0.5, 0.6) is 0 Å². The van der Waals surface area contributed by atoms with Crippen LogP contribution >= 0.6 is 0 Å². The second-order valence-electron chi connectivity index (χ2n) is 8.75. The molecule has 0 aliphatic heterocycles. The zero-order valence-corrected chi connectivity index (χ0v) is 19.8. The van der Waals surface area contributed by atoms with E-state index >= 15 is 0 Å². The minimum absolute atomic E-state index is 0.268. The predicted octanol–water partition coefficient (Wildman–Crippen LogP) is 6.76. The van der Waals surface area contributed by atoms with E-state index in [4.69, 9.17) is 9.47 Å². The Labute approximate surface area is 197 Å². The van der Waals surface area contributed by atoms with Crippen molar-refractivity contribution in [2.75, 3.05) is 6.61 Å². The van der Waals surface area contributed by atoms with Gasteiger partial charge in [-0.2, -0.15) is 0 Å². The van der Waals surface area contributed by atoms with Gasteiger partial charge < -0.3 is 9.47 Å². The smallest absolute Gasteiger partial charge is 0.338 e. The summed E-state index contributed by atoms with van der Waals surface area (Å²) < 4.78 is 10.6. The standard InChI is InChI=1S/C29H34O4/c1-5-21(19-32-28(30)6-2)22-7-9-23(10-8-22)24-11-13-25(14-12-24)26-15-17-27(18-16-26)33-29(31)20(3)4/h6-7,9,11,13,15,17,21H,2-3,5,8,10,12,14,16,18-19H2,1,4H3. The topological polar surface area (TPSA) is 52.6 Å². The molecule has 0 saturated heterocycles. The summed E-state index contributed by atoms with van der Waals surface area (Å²) in [5, 5.41) is 0. The van der Waals surface area contributed by atoms with E-state index in [-0.39, 0.29) is 17.9 Å². The quantitative estimate of drug-likeness (QED) is 0.290. The number of rotatable bonds is 9. The second-order valence-corrected chi connectivity index (χ2v) is 8.75. The number of carbonyl (C=O) groups is 2. The first-order valence-corrected chi connectivity index (χ1v) is 11.8. The number of carbonyl (C=O) groups excluding carboxylic acids is 2. The molecule has 0 amide bonds. The molecule has 0 saturated carbocycles. The first-order chi connectivity index (χ1) is 15.9.